The molecule has 1 aromatic rings. The van der Waals surface area contributed by atoms with Gasteiger partial charge in [0.1, 0.15) is 5.82 Å². The summed E-state index contributed by atoms with van der Waals surface area (Å²) in [6.45, 7) is 6.29. The first-order valence-corrected chi connectivity index (χ1v) is 6.11. The van der Waals surface area contributed by atoms with E-state index < -0.39 is 6.10 Å². The number of aliphatic hydroxyl groups excluding tert-OH is 1. The molecule has 1 aromatic heterocycles. The monoisotopic (exact) mass is 270 g/mol. The van der Waals surface area contributed by atoms with E-state index in [1.807, 2.05) is 20.8 Å². The second kappa shape index (κ2) is 6.12. The molecule has 0 bridgehead atoms. The molecule has 0 saturated heterocycles. The summed E-state index contributed by atoms with van der Waals surface area (Å²) in [4.78, 5) is 17.6. The topological polar surface area (TPSA) is 91.3 Å². The van der Waals surface area contributed by atoms with Gasteiger partial charge in [0.05, 0.1) is 12.7 Å². The zero-order valence-electron chi connectivity index (χ0n) is 12.1. The van der Waals surface area contributed by atoms with Gasteiger partial charge in [0.2, 0.25) is 5.82 Å². The molecule has 1 atom stereocenters. The lowest BCUT2D eigenvalue weighted by Crippen LogP contribution is -2.36. The zero-order valence-corrected chi connectivity index (χ0v) is 12.1. The van der Waals surface area contributed by atoms with Gasteiger partial charge in [-0.2, -0.15) is 0 Å². The third-order valence-corrected chi connectivity index (χ3v) is 2.58. The van der Waals surface area contributed by atoms with Crippen LogP contribution in [0.4, 0.5) is 0 Å². The summed E-state index contributed by atoms with van der Waals surface area (Å²) in [5.74, 6) is 0.431. The third kappa shape index (κ3) is 4.29. The number of rotatable bonds is 5. The van der Waals surface area contributed by atoms with E-state index >= 15 is 0 Å². The molecule has 2 N–H and O–H groups in total. The predicted octanol–water partition coefficient (Wildman–Crippen LogP) is 0.181. The Bertz CT molecular complexity index is 425. The maximum atomic E-state index is 12.1. The number of likely N-dealkylation sites (N-methyl/N-ethyl adjacent to an activating group) is 1. The molecule has 19 heavy (non-hydrogen) atoms. The van der Waals surface area contributed by atoms with Gasteiger partial charge in [-0.05, 0) is 0 Å². The Balaban J connectivity index is 2.69. The largest absolute Gasteiger partial charge is 0.389 e. The molecule has 7 heteroatoms. The quantitative estimate of drug-likeness (QED) is 0.796. The van der Waals surface area contributed by atoms with Crippen molar-refractivity contribution in [2.24, 2.45) is 0 Å². The van der Waals surface area contributed by atoms with Gasteiger partial charge in [-0.3, -0.25) is 9.89 Å². The van der Waals surface area contributed by atoms with Crippen LogP contribution in [-0.4, -0.2) is 64.5 Å². The summed E-state index contributed by atoms with van der Waals surface area (Å²) < 4.78 is 4.81. The highest BCUT2D eigenvalue weighted by Gasteiger charge is 2.23. The highest BCUT2D eigenvalue weighted by Crippen LogP contribution is 2.17. The summed E-state index contributed by atoms with van der Waals surface area (Å²) in [6, 6.07) is 0. The van der Waals surface area contributed by atoms with Crippen molar-refractivity contribution in [3.05, 3.63) is 11.6 Å². The number of carbonyl (C=O) groups is 1. The summed E-state index contributed by atoms with van der Waals surface area (Å²) in [5, 5.41) is 16.3. The van der Waals surface area contributed by atoms with Gasteiger partial charge in [-0.25, -0.2) is 4.98 Å². The van der Waals surface area contributed by atoms with E-state index in [-0.39, 0.29) is 30.3 Å². The number of H-pyrrole nitrogens is 1. The Hall–Kier alpha value is -1.47. The fourth-order valence-corrected chi connectivity index (χ4v) is 1.51. The Morgan fingerprint density at radius 3 is 2.63 bits per heavy atom. The average Bonchev–Trinajstić information content (AvgIpc) is 2.76. The van der Waals surface area contributed by atoms with Crippen LogP contribution >= 0.6 is 0 Å². The summed E-state index contributed by atoms with van der Waals surface area (Å²) in [7, 11) is 3.09. The molecular weight excluding hydrogens is 248 g/mol. The van der Waals surface area contributed by atoms with Crippen LogP contribution in [0.2, 0.25) is 0 Å². The first-order valence-electron chi connectivity index (χ1n) is 6.11. The summed E-state index contributed by atoms with van der Waals surface area (Å²) in [5.41, 5.74) is -0.195. The first-order chi connectivity index (χ1) is 8.75. The fourth-order valence-electron chi connectivity index (χ4n) is 1.51. The minimum absolute atomic E-state index is 0.108. The average molecular weight is 270 g/mol. The van der Waals surface area contributed by atoms with E-state index in [9.17, 15) is 9.90 Å². The van der Waals surface area contributed by atoms with E-state index in [0.717, 1.165) is 0 Å². The highest BCUT2D eigenvalue weighted by molar-refractivity contribution is 5.90. The van der Waals surface area contributed by atoms with Crippen LogP contribution in [0.1, 0.15) is 37.2 Å². The van der Waals surface area contributed by atoms with Crippen molar-refractivity contribution in [2.45, 2.75) is 32.3 Å². The standard InChI is InChI=1S/C12H22N4O3/c1-12(2,3)11-13-9(14-15-11)10(18)16(4)6-8(17)7-19-5/h8,17H,6-7H2,1-5H3,(H,13,14,15). The summed E-state index contributed by atoms with van der Waals surface area (Å²) in [6.07, 6.45) is -0.722. The van der Waals surface area contributed by atoms with Crippen LogP contribution in [0.15, 0.2) is 0 Å². The maximum Gasteiger partial charge on any atom is 0.293 e. The van der Waals surface area contributed by atoms with Crippen molar-refractivity contribution in [3.8, 4) is 0 Å². The maximum absolute atomic E-state index is 12.1. The molecule has 0 aliphatic heterocycles. The van der Waals surface area contributed by atoms with Crippen molar-refractivity contribution in [1.82, 2.24) is 20.1 Å². The number of hydrogen-bond acceptors (Lipinski definition) is 5. The van der Waals surface area contributed by atoms with Gasteiger partial charge in [-0.15, -0.1) is 5.10 Å². The minimum atomic E-state index is -0.722. The number of nitrogens with one attached hydrogen (secondary N) is 1. The van der Waals surface area contributed by atoms with E-state index in [2.05, 4.69) is 15.2 Å². The molecule has 0 saturated carbocycles. The Morgan fingerprint density at radius 1 is 1.53 bits per heavy atom. The van der Waals surface area contributed by atoms with Crippen LogP contribution in [0.5, 0.6) is 0 Å². The minimum Gasteiger partial charge on any atom is -0.389 e. The Morgan fingerprint density at radius 2 is 2.16 bits per heavy atom. The number of aromatic amines is 1. The van der Waals surface area contributed by atoms with Gasteiger partial charge < -0.3 is 14.7 Å². The molecule has 0 aromatic carbocycles. The lowest BCUT2D eigenvalue weighted by Gasteiger charge is -2.19. The van der Waals surface area contributed by atoms with E-state index in [1.165, 1.54) is 12.0 Å². The zero-order chi connectivity index (χ0) is 14.6. The number of aromatic nitrogens is 3. The molecule has 7 nitrogen and oxygen atoms in total. The van der Waals surface area contributed by atoms with Crippen molar-refractivity contribution in [1.29, 1.82) is 0 Å². The summed E-state index contributed by atoms with van der Waals surface area (Å²) >= 11 is 0. The Labute approximate surface area is 113 Å². The molecule has 0 aliphatic carbocycles. The lowest BCUT2D eigenvalue weighted by molar-refractivity contribution is 0.0375. The normalized spacial score (nSPS) is 13.4. The van der Waals surface area contributed by atoms with Crippen molar-refractivity contribution in [2.75, 3.05) is 27.3 Å². The number of nitrogens with zero attached hydrogens (tertiary/aromatic N) is 3. The molecule has 0 radical (unpaired) electrons. The molecule has 0 spiro atoms. The van der Waals surface area contributed by atoms with Gasteiger partial charge in [-0.1, -0.05) is 20.8 Å². The second-order valence-corrected chi connectivity index (χ2v) is 5.55. The van der Waals surface area contributed by atoms with Gasteiger partial charge in [0.15, 0.2) is 0 Å². The van der Waals surface area contributed by atoms with Crippen LogP contribution in [0.3, 0.4) is 0 Å². The Kier molecular flexibility index (Phi) is 5.02. The molecule has 1 unspecified atom stereocenters. The second-order valence-electron chi connectivity index (χ2n) is 5.55. The van der Waals surface area contributed by atoms with Gasteiger partial charge in [0, 0.05) is 26.1 Å². The molecule has 1 amide bonds. The first kappa shape index (κ1) is 15.6. The van der Waals surface area contributed by atoms with E-state index in [1.54, 1.807) is 7.05 Å². The fraction of sp³-hybridized carbons (Fsp3) is 0.750. The number of ether oxygens (including phenoxy) is 1. The predicted molar refractivity (Wildman–Crippen MR) is 69.9 cm³/mol. The van der Waals surface area contributed by atoms with Crippen LogP contribution in [0.25, 0.3) is 0 Å². The number of carbonyl (C=O) groups excluding carboxylic acids is 1. The number of amides is 1. The van der Waals surface area contributed by atoms with Crippen molar-refractivity contribution >= 4 is 5.91 Å². The van der Waals surface area contributed by atoms with E-state index in [4.69, 9.17) is 4.74 Å². The highest BCUT2D eigenvalue weighted by atomic mass is 16.5. The van der Waals surface area contributed by atoms with Crippen LogP contribution in [-0.2, 0) is 10.2 Å². The molecule has 0 aliphatic rings. The number of hydrogen-bond donors (Lipinski definition) is 2. The van der Waals surface area contributed by atoms with Crippen LogP contribution < -0.4 is 0 Å². The van der Waals surface area contributed by atoms with E-state index in [0.29, 0.717) is 5.82 Å². The van der Waals surface area contributed by atoms with Crippen LogP contribution in [0, 0.1) is 0 Å². The SMILES string of the molecule is COCC(O)CN(C)C(=O)c1n[nH]c(C(C)(C)C)n1. The lowest BCUT2D eigenvalue weighted by atomic mass is 9.96. The third-order valence-electron chi connectivity index (χ3n) is 2.58. The molecule has 0 fully saturated rings. The number of aliphatic hydroxyl groups is 1. The van der Waals surface area contributed by atoms with Gasteiger partial charge in [0.25, 0.3) is 5.91 Å². The molecular formula is C12H22N4O3. The molecule has 1 heterocycles. The van der Waals surface area contributed by atoms with Crippen molar-refractivity contribution in [3.63, 3.8) is 0 Å². The molecule has 108 valence electrons. The smallest absolute Gasteiger partial charge is 0.293 e. The number of methoxy groups -OCH3 is 1. The molecule has 1 rings (SSSR count). The van der Waals surface area contributed by atoms with Gasteiger partial charge >= 0.3 is 0 Å². The van der Waals surface area contributed by atoms with Crippen molar-refractivity contribution < 1.29 is 14.6 Å².